The van der Waals surface area contributed by atoms with Gasteiger partial charge in [0.25, 0.3) is 0 Å². The van der Waals surface area contributed by atoms with E-state index < -0.39 is 6.10 Å². The molecule has 0 spiro atoms. The Morgan fingerprint density at radius 2 is 2.32 bits per heavy atom. The summed E-state index contributed by atoms with van der Waals surface area (Å²) < 4.78 is 7.52. The van der Waals surface area contributed by atoms with E-state index in [2.05, 4.69) is 11.2 Å². The Balaban J connectivity index is 1.79. The van der Waals surface area contributed by atoms with Crippen LogP contribution in [-0.4, -0.2) is 27.6 Å². The lowest BCUT2D eigenvalue weighted by Crippen LogP contribution is -2.28. The molecule has 0 fully saturated rings. The van der Waals surface area contributed by atoms with Crippen LogP contribution in [0.1, 0.15) is 22.8 Å². The molecule has 4 heteroatoms. The maximum Gasteiger partial charge on any atom is 0.109 e. The summed E-state index contributed by atoms with van der Waals surface area (Å²) in [6, 6.07) is 8.19. The zero-order valence-corrected chi connectivity index (χ0v) is 11.0. The number of benzene rings is 1. The highest BCUT2D eigenvalue weighted by atomic mass is 16.5. The Kier molecular flexibility index (Phi) is 3.36. The van der Waals surface area contributed by atoms with Crippen LogP contribution in [0, 0.1) is 0 Å². The average Bonchev–Trinajstić information content (AvgIpc) is 2.83. The van der Waals surface area contributed by atoms with Crippen molar-refractivity contribution in [3.63, 3.8) is 0 Å². The zero-order chi connectivity index (χ0) is 13.2. The van der Waals surface area contributed by atoms with E-state index in [1.165, 1.54) is 5.56 Å². The molecule has 0 amide bonds. The summed E-state index contributed by atoms with van der Waals surface area (Å²) in [5.41, 5.74) is 3.43. The van der Waals surface area contributed by atoms with Gasteiger partial charge in [0.2, 0.25) is 0 Å². The van der Waals surface area contributed by atoms with Crippen molar-refractivity contribution in [1.82, 2.24) is 9.78 Å². The molecule has 0 bridgehead atoms. The predicted octanol–water partition coefficient (Wildman–Crippen LogP) is 1.64. The molecule has 2 heterocycles. The van der Waals surface area contributed by atoms with E-state index in [0.29, 0.717) is 13.0 Å². The number of aryl methyl sites for hydroxylation is 1. The number of rotatable bonds is 3. The molecule has 0 aliphatic carbocycles. The first-order chi connectivity index (χ1) is 9.24. The van der Waals surface area contributed by atoms with Gasteiger partial charge in [-0.15, -0.1) is 0 Å². The maximum absolute atomic E-state index is 10.4. The van der Waals surface area contributed by atoms with Gasteiger partial charge >= 0.3 is 0 Å². The predicted molar refractivity (Wildman–Crippen MR) is 71.8 cm³/mol. The number of aliphatic hydroxyl groups is 1. The molecule has 1 aromatic carbocycles. The normalized spacial score (nSPS) is 20.0. The Labute approximate surface area is 112 Å². The monoisotopic (exact) mass is 258 g/mol. The number of aromatic nitrogens is 2. The van der Waals surface area contributed by atoms with Crippen LogP contribution >= 0.6 is 0 Å². The van der Waals surface area contributed by atoms with E-state index in [-0.39, 0.29) is 6.10 Å². The largest absolute Gasteiger partial charge is 0.390 e. The van der Waals surface area contributed by atoms with Crippen molar-refractivity contribution in [2.24, 2.45) is 7.05 Å². The Bertz CT molecular complexity index is 565. The lowest BCUT2D eigenvalue weighted by molar-refractivity contribution is -0.0460. The van der Waals surface area contributed by atoms with Crippen molar-refractivity contribution in [3.05, 3.63) is 53.3 Å². The van der Waals surface area contributed by atoms with Crippen molar-refractivity contribution in [1.29, 1.82) is 0 Å². The van der Waals surface area contributed by atoms with E-state index in [4.69, 9.17) is 4.74 Å². The fourth-order valence-electron chi connectivity index (χ4n) is 2.67. The smallest absolute Gasteiger partial charge is 0.109 e. The lowest BCUT2D eigenvalue weighted by atomic mass is 9.92. The summed E-state index contributed by atoms with van der Waals surface area (Å²) in [6.45, 7) is 0.672. The van der Waals surface area contributed by atoms with Crippen LogP contribution in [0.5, 0.6) is 0 Å². The highest BCUT2D eigenvalue weighted by Gasteiger charge is 2.27. The molecule has 4 nitrogen and oxygen atoms in total. The first kappa shape index (κ1) is 12.4. The van der Waals surface area contributed by atoms with Crippen molar-refractivity contribution in [2.75, 3.05) is 6.61 Å². The third-order valence-electron chi connectivity index (χ3n) is 3.58. The second-order valence-electron chi connectivity index (χ2n) is 5.03. The zero-order valence-electron chi connectivity index (χ0n) is 11.0. The van der Waals surface area contributed by atoms with Gasteiger partial charge in [0.15, 0.2) is 0 Å². The van der Waals surface area contributed by atoms with Crippen LogP contribution < -0.4 is 0 Å². The van der Waals surface area contributed by atoms with Crippen LogP contribution in [0.15, 0.2) is 36.7 Å². The molecule has 0 saturated heterocycles. The van der Waals surface area contributed by atoms with Crippen LogP contribution in [0.2, 0.25) is 0 Å². The number of nitrogens with zero attached hydrogens (tertiary/aromatic N) is 2. The number of aliphatic hydroxyl groups excluding tert-OH is 1. The molecule has 1 aliphatic rings. The van der Waals surface area contributed by atoms with Crippen molar-refractivity contribution in [3.8, 4) is 0 Å². The summed E-state index contributed by atoms with van der Waals surface area (Å²) in [5, 5.41) is 14.5. The second kappa shape index (κ2) is 5.15. The molecule has 1 aromatic heterocycles. The van der Waals surface area contributed by atoms with Gasteiger partial charge in [0.1, 0.15) is 6.10 Å². The van der Waals surface area contributed by atoms with E-state index in [9.17, 15) is 5.11 Å². The Morgan fingerprint density at radius 1 is 1.47 bits per heavy atom. The van der Waals surface area contributed by atoms with Gasteiger partial charge in [-0.05, 0) is 23.1 Å². The van der Waals surface area contributed by atoms with Crippen molar-refractivity contribution >= 4 is 0 Å². The van der Waals surface area contributed by atoms with Gasteiger partial charge in [0, 0.05) is 19.7 Å². The summed E-state index contributed by atoms with van der Waals surface area (Å²) in [6.07, 6.45) is 4.44. The minimum absolute atomic E-state index is 0.231. The Hall–Kier alpha value is -1.65. The summed E-state index contributed by atoms with van der Waals surface area (Å²) in [4.78, 5) is 0. The number of hydrogen-bond donors (Lipinski definition) is 1. The molecule has 0 radical (unpaired) electrons. The highest BCUT2D eigenvalue weighted by Crippen LogP contribution is 2.30. The van der Waals surface area contributed by atoms with Crippen molar-refractivity contribution in [2.45, 2.75) is 25.0 Å². The van der Waals surface area contributed by atoms with Gasteiger partial charge in [-0.1, -0.05) is 24.3 Å². The number of fused-ring (bicyclic) bond motifs is 1. The summed E-state index contributed by atoms with van der Waals surface area (Å²) in [7, 11) is 1.88. The van der Waals surface area contributed by atoms with Crippen LogP contribution in [-0.2, 0) is 24.6 Å². The van der Waals surface area contributed by atoms with E-state index >= 15 is 0 Å². The number of ether oxygens (including phenoxy) is 1. The topological polar surface area (TPSA) is 47.3 Å². The summed E-state index contributed by atoms with van der Waals surface area (Å²) >= 11 is 0. The third-order valence-corrected chi connectivity index (χ3v) is 3.58. The standard InChI is InChI=1S/C15H18N2O2/c1-17-10-11(9-16-17)8-14(18)15-13-5-3-2-4-12(13)6-7-19-15/h2-5,9-10,14-15,18H,6-8H2,1H3. The van der Waals surface area contributed by atoms with Crippen LogP contribution in [0.25, 0.3) is 0 Å². The van der Waals surface area contributed by atoms with Crippen molar-refractivity contribution < 1.29 is 9.84 Å². The van der Waals surface area contributed by atoms with Crippen LogP contribution in [0.4, 0.5) is 0 Å². The van der Waals surface area contributed by atoms with Gasteiger partial charge < -0.3 is 9.84 Å². The van der Waals surface area contributed by atoms with Gasteiger partial charge in [0.05, 0.1) is 18.9 Å². The maximum atomic E-state index is 10.4. The first-order valence-corrected chi connectivity index (χ1v) is 6.59. The van der Waals surface area contributed by atoms with Gasteiger partial charge in [-0.25, -0.2) is 0 Å². The molecule has 19 heavy (non-hydrogen) atoms. The molecule has 2 atom stereocenters. The van der Waals surface area contributed by atoms with E-state index in [1.54, 1.807) is 10.9 Å². The Morgan fingerprint density at radius 3 is 3.11 bits per heavy atom. The SMILES string of the molecule is Cn1cc(CC(O)C2OCCc3ccccc32)cn1. The third kappa shape index (κ3) is 2.55. The fourth-order valence-corrected chi connectivity index (χ4v) is 2.67. The molecule has 1 N–H and O–H groups in total. The number of hydrogen-bond acceptors (Lipinski definition) is 3. The molecule has 100 valence electrons. The quantitative estimate of drug-likeness (QED) is 0.910. The second-order valence-corrected chi connectivity index (χ2v) is 5.03. The van der Waals surface area contributed by atoms with E-state index in [1.807, 2.05) is 31.4 Å². The molecule has 3 rings (SSSR count). The molecular weight excluding hydrogens is 240 g/mol. The summed E-state index contributed by atoms with van der Waals surface area (Å²) in [5.74, 6) is 0. The highest BCUT2D eigenvalue weighted by molar-refractivity contribution is 5.32. The van der Waals surface area contributed by atoms with E-state index in [0.717, 1.165) is 17.5 Å². The van der Waals surface area contributed by atoms with Gasteiger partial charge in [-0.3, -0.25) is 4.68 Å². The minimum Gasteiger partial charge on any atom is -0.390 e. The minimum atomic E-state index is -0.536. The first-order valence-electron chi connectivity index (χ1n) is 6.59. The molecule has 0 saturated carbocycles. The molecule has 2 unspecified atom stereocenters. The molecule has 2 aromatic rings. The van der Waals surface area contributed by atoms with Crippen LogP contribution in [0.3, 0.4) is 0 Å². The van der Waals surface area contributed by atoms with Gasteiger partial charge in [-0.2, -0.15) is 5.10 Å². The molecule has 1 aliphatic heterocycles. The molecular formula is C15H18N2O2. The lowest BCUT2D eigenvalue weighted by Gasteiger charge is -2.29. The fraction of sp³-hybridized carbons (Fsp3) is 0.400. The average molecular weight is 258 g/mol.